The summed E-state index contributed by atoms with van der Waals surface area (Å²) >= 11 is 0. The molecular weight excluding hydrogens is 324 g/mol. The van der Waals surface area contributed by atoms with Crippen LogP contribution in [0.2, 0.25) is 0 Å². The molecule has 0 saturated carbocycles. The molecule has 138 valence electrons. The number of piperidine rings is 1. The summed E-state index contributed by atoms with van der Waals surface area (Å²) in [5.41, 5.74) is 2.67. The van der Waals surface area contributed by atoms with Gasteiger partial charge in [-0.05, 0) is 81.1 Å². The highest BCUT2D eigenvalue weighted by molar-refractivity contribution is 6.04. The van der Waals surface area contributed by atoms with Gasteiger partial charge in [0.2, 0.25) is 0 Å². The fourth-order valence-electron chi connectivity index (χ4n) is 3.34. The predicted octanol–water partition coefficient (Wildman–Crippen LogP) is 5.11. The van der Waals surface area contributed by atoms with E-state index >= 15 is 0 Å². The van der Waals surface area contributed by atoms with E-state index in [0.29, 0.717) is 18.2 Å². The van der Waals surface area contributed by atoms with Crippen molar-refractivity contribution in [1.29, 1.82) is 0 Å². The lowest BCUT2D eigenvalue weighted by Crippen LogP contribution is -2.37. The number of rotatable bonds is 6. The Balaban J connectivity index is 1.60. The average molecular weight is 352 g/mol. The molecule has 1 aliphatic rings. The zero-order chi connectivity index (χ0) is 18.4. The molecule has 1 amide bonds. The van der Waals surface area contributed by atoms with E-state index in [1.165, 1.54) is 24.9 Å². The van der Waals surface area contributed by atoms with Crippen LogP contribution in [0.25, 0.3) is 0 Å². The zero-order valence-corrected chi connectivity index (χ0v) is 15.7. The molecule has 0 spiro atoms. The first-order chi connectivity index (χ1) is 12.7. The normalized spacial score (nSPS) is 17.0. The van der Waals surface area contributed by atoms with E-state index in [1.54, 1.807) is 12.1 Å². The summed E-state index contributed by atoms with van der Waals surface area (Å²) in [6.07, 6.45) is 4.78. The van der Waals surface area contributed by atoms with Crippen molar-refractivity contribution in [3.05, 3.63) is 54.1 Å². The first-order valence-electron chi connectivity index (χ1n) is 9.58. The highest BCUT2D eigenvalue weighted by Crippen LogP contribution is 2.26. The minimum atomic E-state index is -0.105. The van der Waals surface area contributed by atoms with E-state index in [0.717, 1.165) is 24.4 Å². The van der Waals surface area contributed by atoms with Crippen LogP contribution in [-0.4, -0.2) is 25.1 Å². The van der Waals surface area contributed by atoms with E-state index in [4.69, 9.17) is 4.74 Å². The summed E-state index contributed by atoms with van der Waals surface area (Å²) in [5.74, 6) is 0.689. The maximum absolute atomic E-state index is 12.4. The van der Waals surface area contributed by atoms with Crippen LogP contribution in [0.4, 0.5) is 11.4 Å². The Morgan fingerprint density at radius 3 is 2.50 bits per heavy atom. The van der Waals surface area contributed by atoms with Crippen molar-refractivity contribution < 1.29 is 9.53 Å². The Morgan fingerprint density at radius 1 is 1.12 bits per heavy atom. The van der Waals surface area contributed by atoms with Gasteiger partial charge in [0.25, 0.3) is 5.91 Å². The number of hydrogen-bond acceptors (Lipinski definition) is 3. The van der Waals surface area contributed by atoms with Gasteiger partial charge in [0, 0.05) is 29.5 Å². The summed E-state index contributed by atoms with van der Waals surface area (Å²) < 4.78 is 5.55. The molecule has 4 nitrogen and oxygen atoms in total. The van der Waals surface area contributed by atoms with E-state index in [-0.39, 0.29) is 5.91 Å². The van der Waals surface area contributed by atoms with Gasteiger partial charge in [0.15, 0.2) is 0 Å². The number of carbonyl (C=O) groups excluding carboxylic acids is 1. The summed E-state index contributed by atoms with van der Waals surface area (Å²) in [5, 5.41) is 2.96. The molecule has 1 heterocycles. The van der Waals surface area contributed by atoms with Gasteiger partial charge in [-0.3, -0.25) is 4.79 Å². The van der Waals surface area contributed by atoms with Crippen molar-refractivity contribution in [2.45, 2.75) is 45.6 Å². The molecule has 1 fully saturated rings. The van der Waals surface area contributed by atoms with Crippen LogP contribution in [0.1, 0.15) is 49.9 Å². The molecule has 4 heteroatoms. The van der Waals surface area contributed by atoms with Gasteiger partial charge < -0.3 is 15.0 Å². The second kappa shape index (κ2) is 8.75. The molecule has 0 bridgehead atoms. The number of nitrogens with zero attached hydrogens (tertiary/aromatic N) is 1. The monoisotopic (exact) mass is 352 g/mol. The number of carbonyl (C=O) groups is 1. The largest absolute Gasteiger partial charge is 0.494 e. The second-order valence-electron chi connectivity index (χ2n) is 6.91. The van der Waals surface area contributed by atoms with Gasteiger partial charge in [-0.15, -0.1) is 0 Å². The number of anilines is 2. The standard InChI is InChI=1S/C22H28N2O2/c1-3-16-26-21-13-7-18(8-14-21)22(25)23-19-9-11-20(12-10-19)24-15-5-4-6-17(24)2/h7-14,17H,3-6,15-16H2,1-2H3,(H,23,25)/t17-/m0/s1. The smallest absolute Gasteiger partial charge is 0.255 e. The van der Waals surface area contributed by atoms with Gasteiger partial charge in [-0.2, -0.15) is 0 Å². The molecule has 3 rings (SSSR count). The lowest BCUT2D eigenvalue weighted by molar-refractivity contribution is 0.102. The number of amides is 1. The van der Waals surface area contributed by atoms with Crippen LogP contribution in [0, 0.1) is 0 Å². The molecule has 2 aromatic rings. The van der Waals surface area contributed by atoms with Crippen LogP contribution in [0.5, 0.6) is 5.75 Å². The lowest BCUT2D eigenvalue weighted by atomic mass is 10.0. The van der Waals surface area contributed by atoms with Crippen molar-refractivity contribution in [3.8, 4) is 5.75 Å². The molecule has 1 N–H and O–H groups in total. The fraction of sp³-hybridized carbons (Fsp3) is 0.409. The summed E-state index contributed by atoms with van der Waals surface area (Å²) in [7, 11) is 0. The average Bonchev–Trinajstić information content (AvgIpc) is 2.68. The SMILES string of the molecule is CCCOc1ccc(C(=O)Nc2ccc(N3CCCC[C@@H]3C)cc2)cc1. The maximum atomic E-state index is 12.4. The second-order valence-corrected chi connectivity index (χ2v) is 6.91. The maximum Gasteiger partial charge on any atom is 0.255 e. The third-order valence-corrected chi connectivity index (χ3v) is 4.85. The van der Waals surface area contributed by atoms with Crippen LogP contribution < -0.4 is 15.0 Å². The molecule has 0 radical (unpaired) electrons. The van der Waals surface area contributed by atoms with Gasteiger partial charge in [0.1, 0.15) is 5.75 Å². The highest BCUT2D eigenvalue weighted by Gasteiger charge is 2.18. The topological polar surface area (TPSA) is 41.6 Å². The van der Waals surface area contributed by atoms with Crippen molar-refractivity contribution in [1.82, 2.24) is 0 Å². The Morgan fingerprint density at radius 2 is 1.85 bits per heavy atom. The summed E-state index contributed by atoms with van der Waals surface area (Å²) in [6, 6.07) is 16.0. The van der Waals surface area contributed by atoms with E-state index < -0.39 is 0 Å². The minimum absolute atomic E-state index is 0.105. The number of nitrogens with one attached hydrogen (secondary N) is 1. The fourth-order valence-corrected chi connectivity index (χ4v) is 3.34. The van der Waals surface area contributed by atoms with Gasteiger partial charge in [-0.1, -0.05) is 6.92 Å². The van der Waals surface area contributed by atoms with Gasteiger partial charge in [0.05, 0.1) is 6.61 Å². The van der Waals surface area contributed by atoms with Crippen molar-refractivity contribution >= 4 is 17.3 Å². The molecular formula is C22H28N2O2. The first kappa shape index (κ1) is 18.3. The van der Waals surface area contributed by atoms with Gasteiger partial charge >= 0.3 is 0 Å². The van der Waals surface area contributed by atoms with Crippen LogP contribution >= 0.6 is 0 Å². The lowest BCUT2D eigenvalue weighted by Gasteiger charge is -2.35. The Hall–Kier alpha value is -2.49. The third kappa shape index (κ3) is 4.57. The molecule has 1 saturated heterocycles. The van der Waals surface area contributed by atoms with Crippen molar-refractivity contribution in [2.24, 2.45) is 0 Å². The predicted molar refractivity (Wildman–Crippen MR) is 107 cm³/mol. The molecule has 26 heavy (non-hydrogen) atoms. The molecule has 1 aliphatic heterocycles. The molecule has 2 aromatic carbocycles. The van der Waals surface area contributed by atoms with Crippen LogP contribution in [-0.2, 0) is 0 Å². The summed E-state index contributed by atoms with van der Waals surface area (Å²) in [4.78, 5) is 14.9. The highest BCUT2D eigenvalue weighted by atomic mass is 16.5. The number of ether oxygens (including phenoxy) is 1. The minimum Gasteiger partial charge on any atom is -0.494 e. The zero-order valence-electron chi connectivity index (χ0n) is 15.7. The number of benzene rings is 2. The molecule has 0 aromatic heterocycles. The molecule has 0 unspecified atom stereocenters. The van der Waals surface area contributed by atoms with Crippen molar-refractivity contribution in [3.63, 3.8) is 0 Å². The van der Waals surface area contributed by atoms with Gasteiger partial charge in [-0.25, -0.2) is 0 Å². The quantitative estimate of drug-likeness (QED) is 0.786. The Labute approximate surface area is 156 Å². The van der Waals surface area contributed by atoms with E-state index in [9.17, 15) is 4.79 Å². The Kier molecular flexibility index (Phi) is 6.16. The van der Waals surface area contributed by atoms with Crippen molar-refractivity contribution in [2.75, 3.05) is 23.4 Å². The van der Waals surface area contributed by atoms with E-state index in [1.807, 2.05) is 24.3 Å². The first-order valence-corrected chi connectivity index (χ1v) is 9.58. The van der Waals surface area contributed by atoms with Crippen LogP contribution in [0.3, 0.4) is 0 Å². The Bertz CT molecular complexity index is 710. The summed E-state index contributed by atoms with van der Waals surface area (Å²) in [6.45, 7) is 6.15. The molecule has 0 aliphatic carbocycles. The van der Waals surface area contributed by atoms with Crippen LogP contribution in [0.15, 0.2) is 48.5 Å². The third-order valence-electron chi connectivity index (χ3n) is 4.85. The number of hydrogen-bond donors (Lipinski definition) is 1. The van der Waals surface area contributed by atoms with E-state index in [2.05, 4.69) is 36.2 Å². The molecule has 1 atom stereocenters.